The summed E-state index contributed by atoms with van der Waals surface area (Å²) in [5, 5.41) is 8.86. The number of halogens is 1. The molecule has 1 fully saturated rings. The molecule has 1 aliphatic rings. The fraction of sp³-hybridized carbons (Fsp3) is 0.333. The molecular weight excluding hydrogens is 279 g/mol. The van der Waals surface area contributed by atoms with Gasteiger partial charge in [0.15, 0.2) is 0 Å². The predicted octanol–water partition coefficient (Wildman–Crippen LogP) is 2.10. The van der Waals surface area contributed by atoms with E-state index < -0.39 is 0 Å². The van der Waals surface area contributed by atoms with Crippen molar-refractivity contribution in [1.29, 1.82) is 5.26 Å². The van der Waals surface area contributed by atoms with Gasteiger partial charge in [0.05, 0.1) is 6.10 Å². The number of hydrogen-bond acceptors (Lipinski definition) is 3. The van der Waals surface area contributed by atoms with Crippen LogP contribution >= 0.6 is 22.6 Å². The average Bonchev–Trinajstić information content (AvgIpc) is 2.89. The van der Waals surface area contributed by atoms with E-state index in [1.807, 2.05) is 22.6 Å². The van der Waals surface area contributed by atoms with Crippen LogP contribution in [0.1, 0.15) is 18.4 Å². The fourth-order valence-corrected chi connectivity index (χ4v) is 1.53. The van der Waals surface area contributed by atoms with Crippen LogP contribution in [-0.4, -0.2) is 11.1 Å². The lowest BCUT2D eigenvalue weighted by atomic mass is 10.3. The lowest BCUT2D eigenvalue weighted by molar-refractivity contribution is 0.301. The number of nitrogens with zero attached hydrogens (tertiary/aromatic N) is 2. The Bertz CT molecular complexity index is 368. The van der Waals surface area contributed by atoms with Crippen molar-refractivity contribution in [3.63, 3.8) is 0 Å². The summed E-state index contributed by atoms with van der Waals surface area (Å²) >= 11 is 2.04. The van der Waals surface area contributed by atoms with Gasteiger partial charge in [0.1, 0.15) is 21.1 Å². The summed E-state index contributed by atoms with van der Waals surface area (Å²) in [5.41, 5.74) is 0.551. The van der Waals surface area contributed by atoms with Crippen LogP contribution in [0.25, 0.3) is 0 Å². The molecule has 0 atom stereocenters. The normalized spacial score (nSPS) is 15.1. The summed E-state index contributed by atoms with van der Waals surface area (Å²) in [6.07, 6.45) is 4.19. The van der Waals surface area contributed by atoms with Gasteiger partial charge < -0.3 is 4.74 Å². The first-order chi connectivity index (χ1) is 6.31. The average molecular weight is 286 g/mol. The largest absolute Gasteiger partial charge is 0.489 e. The smallest absolute Gasteiger partial charge is 0.141 e. The van der Waals surface area contributed by atoms with Crippen LogP contribution < -0.4 is 4.74 Å². The molecule has 1 saturated carbocycles. The van der Waals surface area contributed by atoms with E-state index >= 15 is 0 Å². The molecule has 13 heavy (non-hydrogen) atoms. The third-order valence-corrected chi connectivity index (χ3v) is 2.61. The number of pyridine rings is 1. The Morgan fingerprint density at radius 3 is 3.00 bits per heavy atom. The van der Waals surface area contributed by atoms with Crippen molar-refractivity contribution in [1.82, 2.24) is 4.98 Å². The maximum Gasteiger partial charge on any atom is 0.141 e. The lowest BCUT2D eigenvalue weighted by Crippen LogP contribution is -2.00. The van der Waals surface area contributed by atoms with Gasteiger partial charge in [-0.2, -0.15) is 5.26 Å². The number of aromatic nitrogens is 1. The SMILES string of the molecule is N#Cc1c(OC2CC2)ccnc1I. The van der Waals surface area contributed by atoms with Gasteiger partial charge in [0.25, 0.3) is 0 Å². The molecule has 0 aromatic carbocycles. The van der Waals surface area contributed by atoms with E-state index in [-0.39, 0.29) is 0 Å². The Labute approximate surface area is 89.9 Å². The van der Waals surface area contributed by atoms with Gasteiger partial charge in [-0.25, -0.2) is 4.98 Å². The molecule has 0 N–H and O–H groups in total. The van der Waals surface area contributed by atoms with E-state index in [0.717, 1.165) is 12.8 Å². The Morgan fingerprint density at radius 2 is 2.38 bits per heavy atom. The summed E-state index contributed by atoms with van der Waals surface area (Å²) in [6, 6.07) is 3.85. The van der Waals surface area contributed by atoms with E-state index in [9.17, 15) is 0 Å². The first kappa shape index (κ1) is 8.75. The van der Waals surface area contributed by atoms with Crippen LogP contribution in [0, 0.1) is 15.0 Å². The first-order valence-corrected chi connectivity index (χ1v) is 5.10. The molecule has 1 aliphatic carbocycles. The minimum Gasteiger partial charge on any atom is -0.489 e. The van der Waals surface area contributed by atoms with Crippen molar-refractivity contribution in [2.75, 3.05) is 0 Å². The third-order valence-electron chi connectivity index (χ3n) is 1.80. The molecule has 66 valence electrons. The van der Waals surface area contributed by atoms with Gasteiger partial charge in [-0.1, -0.05) is 0 Å². The van der Waals surface area contributed by atoms with Crippen LogP contribution in [-0.2, 0) is 0 Å². The zero-order valence-corrected chi connectivity index (χ0v) is 8.98. The summed E-state index contributed by atoms with van der Waals surface area (Å²) in [4.78, 5) is 4.02. The topological polar surface area (TPSA) is 45.9 Å². The molecule has 1 aromatic rings. The standard InChI is InChI=1S/C9H7IN2O/c10-9-7(5-11)8(3-4-12-9)13-6-1-2-6/h3-4,6H,1-2H2. The highest BCUT2D eigenvalue weighted by Gasteiger charge is 2.25. The Hall–Kier alpha value is -0.830. The minimum atomic E-state index is 0.324. The predicted molar refractivity (Wildman–Crippen MR) is 55.3 cm³/mol. The Morgan fingerprint density at radius 1 is 1.62 bits per heavy atom. The molecule has 0 spiro atoms. The molecule has 2 rings (SSSR count). The molecule has 1 aromatic heterocycles. The van der Waals surface area contributed by atoms with Gasteiger partial charge in [-0.3, -0.25) is 0 Å². The van der Waals surface area contributed by atoms with Crippen LogP contribution in [0.2, 0.25) is 0 Å². The molecule has 1 heterocycles. The Balaban J connectivity index is 2.32. The molecule has 3 nitrogen and oxygen atoms in total. The molecule has 0 aliphatic heterocycles. The van der Waals surface area contributed by atoms with Crippen molar-refractivity contribution < 1.29 is 4.74 Å². The second-order valence-corrected chi connectivity index (χ2v) is 3.93. The molecular formula is C9H7IN2O. The van der Waals surface area contributed by atoms with E-state index in [2.05, 4.69) is 11.1 Å². The van der Waals surface area contributed by atoms with Gasteiger partial charge in [-0.05, 0) is 41.5 Å². The van der Waals surface area contributed by atoms with Crippen LogP contribution in [0.5, 0.6) is 5.75 Å². The van der Waals surface area contributed by atoms with Crippen molar-refractivity contribution >= 4 is 22.6 Å². The molecule has 0 unspecified atom stereocenters. The minimum absolute atomic E-state index is 0.324. The molecule has 0 bridgehead atoms. The number of rotatable bonds is 2. The van der Waals surface area contributed by atoms with Crippen LogP contribution in [0.15, 0.2) is 12.3 Å². The molecule has 4 heteroatoms. The maximum atomic E-state index is 8.86. The van der Waals surface area contributed by atoms with Gasteiger partial charge in [0.2, 0.25) is 0 Å². The highest BCUT2D eigenvalue weighted by Crippen LogP contribution is 2.29. The van der Waals surface area contributed by atoms with Gasteiger partial charge >= 0.3 is 0 Å². The highest BCUT2D eigenvalue weighted by molar-refractivity contribution is 14.1. The van der Waals surface area contributed by atoms with Gasteiger partial charge in [0, 0.05) is 6.20 Å². The third kappa shape index (κ3) is 1.91. The monoisotopic (exact) mass is 286 g/mol. The highest BCUT2D eigenvalue weighted by atomic mass is 127. The Kier molecular flexibility index (Phi) is 2.36. The zero-order valence-electron chi connectivity index (χ0n) is 6.83. The summed E-state index contributed by atoms with van der Waals surface area (Å²) in [7, 11) is 0. The molecule has 0 amide bonds. The first-order valence-electron chi connectivity index (χ1n) is 4.02. The van der Waals surface area contributed by atoms with E-state index in [1.165, 1.54) is 0 Å². The number of hydrogen-bond donors (Lipinski definition) is 0. The van der Waals surface area contributed by atoms with Gasteiger partial charge in [-0.15, -0.1) is 0 Å². The van der Waals surface area contributed by atoms with Crippen molar-refractivity contribution in [2.24, 2.45) is 0 Å². The maximum absolute atomic E-state index is 8.86. The van der Waals surface area contributed by atoms with Crippen LogP contribution in [0.4, 0.5) is 0 Å². The van der Waals surface area contributed by atoms with E-state index in [4.69, 9.17) is 10.00 Å². The van der Waals surface area contributed by atoms with E-state index in [1.54, 1.807) is 12.3 Å². The second-order valence-electron chi connectivity index (χ2n) is 2.90. The lowest BCUT2D eigenvalue weighted by Gasteiger charge is -2.05. The van der Waals surface area contributed by atoms with Crippen molar-refractivity contribution in [3.05, 3.63) is 21.5 Å². The number of ether oxygens (including phenoxy) is 1. The molecule has 0 radical (unpaired) electrons. The van der Waals surface area contributed by atoms with Crippen LogP contribution in [0.3, 0.4) is 0 Å². The summed E-state index contributed by atoms with van der Waals surface area (Å²) < 4.78 is 6.27. The quantitative estimate of drug-likeness (QED) is 0.618. The summed E-state index contributed by atoms with van der Waals surface area (Å²) in [6.45, 7) is 0. The fourth-order valence-electron chi connectivity index (χ4n) is 0.985. The second kappa shape index (κ2) is 3.50. The van der Waals surface area contributed by atoms with Crippen molar-refractivity contribution in [3.8, 4) is 11.8 Å². The zero-order chi connectivity index (χ0) is 9.26. The van der Waals surface area contributed by atoms with Crippen molar-refractivity contribution in [2.45, 2.75) is 18.9 Å². The molecule has 0 saturated heterocycles. The number of nitriles is 1. The van der Waals surface area contributed by atoms with E-state index in [0.29, 0.717) is 21.1 Å². The summed E-state index contributed by atoms with van der Waals surface area (Å²) in [5.74, 6) is 0.671.